The number of ether oxygens (including phenoxy) is 1. The Morgan fingerprint density at radius 1 is 1.41 bits per heavy atom. The minimum atomic E-state index is 0.0810. The van der Waals surface area contributed by atoms with Crippen molar-refractivity contribution in [2.24, 2.45) is 0 Å². The van der Waals surface area contributed by atoms with Gasteiger partial charge in [0.05, 0.1) is 18.0 Å². The first kappa shape index (κ1) is 10.8. The van der Waals surface area contributed by atoms with Crippen LogP contribution < -0.4 is 5.32 Å². The molecular formula is C12H13N3OS. The van der Waals surface area contributed by atoms with E-state index in [2.05, 4.69) is 20.7 Å². The largest absolute Gasteiger partial charge is 0.369 e. The Morgan fingerprint density at radius 3 is 3.18 bits per heavy atom. The summed E-state index contributed by atoms with van der Waals surface area (Å²) in [6, 6.07) is 5.86. The molecule has 5 heteroatoms. The Hall–Kier alpha value is -1.30. The molecule has 0 bridgehead atoms. The van der Waals surface area contributed by atoms with Crippen LogP contribution in [0.25, 0.3) is 10.7 Å². The Bertz CT molecular complexity index is 480. The van der Waals surface area contributed by atoms with Crippen LogP contribution in [0.5, 0.6) is 0 Å². The molecule has 0 aromatic carbocycles. The zero-order valence-corrected chi connectivity index (χ0v) is 10.1. The van der Waals surface area contributed by atoms with Gasteiger partial charge in [-0.05, 0) is 12.1 Å². The van der Waals surface area contributed by atoms with Crippen LogP contribution in [0.2, 0.25) is 0 Å². The molecule has 1 saturated heterocycles. The van der Waals surface area contributed by atoms with Crippen LogP contribution in [-0.4, -0.2) is 29.7 Å². The maximum atomic E-state index is 5.67. The van der Waals surface area contributed by atoms with Crippen molar-refractivity contribution in [2.75, 3.05) is 19.7 Å². The average molecular weight is 247 g/mol. The molecule has 3 rings (SSSR count). The summed E-state index contributed by atoms with van der Waals surface area (Å²) in [7, 11) is 0. The van der Waals surface area contributed by atoms with E-state index in [1.165, 1.54) is 0 Å². The lowest BCUT2D eigenvalue weighted by atomic mass is 10.2. The molecule has 1 atom stereocenters. The van der Waals surface area contributed by atoms with Gasteiger partial charge in [-0.25, -0.2) is 4.98 Å². The van der Waals surface area contributed by atoms with Crippen molar-refractivity contribution in [3.05, 3.63) is 35.5 Å². The highest BCUT2D eigenvalue weighted by molar-refractivity contribution is 7.13. The maximum Gasteiger partial charge on any atom is 0.142 e. The van der Waals surface area contributed by atoms with E-state index >= 15 is 0 Å². The summed E-state index contributed by atoms with van der Waals surface area (Å²) >= 11 is 1.61. The summed E-state index contributed by atoms with van der Waals surface area (Å²) in [6.07, 6.45) is 1.87. The van der Waals surface area contributed by atoms with Crippen molar-refractivity contribution in [1.82, 2.24) is 15.3 Å². The molecule has 3 heterocycles. The molecule has 1 N–H and O–H groups in total. The van der Waals surface area contributed by atoms with Crippen LogP contribution in [0.4, 0.5) is 0 Å². The highest BCUT2D eigenvalue weighted by Gasteiger charge is 2.19. The van der Waals surface area contributed by atoms with Gasteiger partial charge in [0.2, 0.25) is 0 Å². The normalized spacial score (nSPS) is 20.4. The number of nitrogens with zero attached hydrogens (tertiary/aromatic N) is 2. The summed E-state index contributed by atoms with van der Waals surface area (Å²) in [4.78, 5) is 8.89. The highest BCUT2D eigenvalue weighted by atomic mass is 32.1. The molecule has 1 aliphatic heterocycles. The molecule has 1 fully saturated rings. The maximum absolute atomic E-state index is 5.67. The monoisotopic (exact) mass is 247 g/mol. The number of nitrogens with one attached hydrogen (secondary N) is 1. The van der Waals surface area contributed by atoms with Gasteiger partial charge in [0.1, 0.15) is 11.1 Å². The molecule has 0 aliphatic carbocycles. The SMILES string of the molecule is c1ccc(-c2nc(C3CNCCO3)cs2)nc1. The van der Waals surface area contributed by atoms with Gasteiger partial charge in [-0.15, -0.1) is 11.3 Å². The topological polar surface area (TPSA) is 47.0 Å². The summed E-state index contributed by atoms with van der Waals surface area (Å²) < 4.78 is 5.67. The van der Waals surface area contributed by atoms with Gasteiger partial charge in [0.25, 0.3) is 0 Å². The van der Waals surface area contributed by atoms with Gasteiger partial charge in [0.15, 0.2) is 0 Å². The van der Waals surface area contributed by atoms with E-state index in [4.69, 9.17) is 4.74 Å². The number of rotatable bonds is 2. The van der Waals surface area contributed by atoms with Gasteiger partial charge >= 0.3 is 0 Å². The number of thiazole rings is 1. The summed E-state index contributed by atoms with van der Waals surface area (Å²) in [5, 5.41) is 6.32. The smallest absolute Gasteiger partial charge is 0.142 e. The van der Waals surface area contributed by atoms with Crippen LogP contribution in [0, 0.1) is 0 Å². The number of hydrogen-bond donors (Lipinski definition) is 1. The van der Waals surface area contributed by atoms with Crippen LogP contribution in [0.15, 0.2) is 29.8 Å². The quantitative estimate of drug-likeness (QED) is 0.880. The Kier molecular flexibility index (Phi) is 3.13. The fraction of sp³-hybridized carbons (Fsp3) is 0.333. The second-order valence-corrected chi connectivity index (χ2v) is 4.71. The van der Waals surface area contributed by atoms with Gasteiger partial charge in [-0.1, -0.05) is 6.07 Å². The first-order chi connectivity index (χ1) is 8.43. The van der Waals surface area contributed by atoms with E-state index in [9.17, 15) is 0 Å². The molecule has 0 spiro atoms. The van der Waals surface area contributed by atoms with Crippen LogP contribution >= 0.6 is 11.3 Å². The Balaban J connectivity index is 1.83. The van der Waals surface area contributed by atoms with Crippen molar-refractivity contribution in [3.63, 3.8) is 0 Å². The van der Waals surface area contributed by atoms with Crippen molar-refractivity contribution < 1.29 is 4.74 Å². The summed E-state index contributed by atoms with van der Waals surface area (Å²) in [5.41, 5.74) is 1.93. The molecular weight excluding hydrogens is 234 g/mol. The van der Waals surface area contributed by atoms with Crippen LogP contribution in [0.3, 0.4) is 0 Å². The Labute approximate surface area is 104 Å². The van der Waals surface area contributed by atoms with Gasteiger partial charge in [0, 0.05) is 24.7 Å². The highest BCUT2D eigenvalue weighted by Crippen LogP contribution is 2.26. The van der Waals surface area contributed by atoms with E-state index in [0.717, 1.165) is 36.1 Å². The molecule has 88 valence electrons. The first-order valence-corrected chi connectivity index (χ1v) is 6.50. The molecule has 17 heavy (non-hydrogen) atoms. The van der Waals surface area contributed by atoms with E-state index in [0.29, 0.717) is 0 Å². The number of morpholine rings is 1. The van der Waals surface area contributed by atoms with E-state index in [-0.39, 0.29) is 6.10 Å². The predicted octanol–water partition coefficient (Wildman–Crippen LogP) is 1.87. The third kappa shape index (κ3) is 2.36. The minimum absolute atomic E-state index is 0.0810. The third-order valence-electron chi connectivity index (χ3n) is 2.66. The lowest BCUT2D eigenvalue weighted by Gasteiger charge is -2.21. The van der Waals surface area contributed by atoms with Crippen molar-refractivity contribution in [1.29, 1.82) is 0 Å². The van der Waals surface area contributed by atoms with Crippen molar-refractivity contribution >= 4 is 11.3 Å². The second kappa shape index (κ2) is 4.91. The number of aromatic nitrogens is 2. The molecule has 1 aliphatic rings. The molecule has 0 saturated carbocycles. The predicted molar refractivity (Wildman–Crippen MR) is 66.9 cm³/mol. The molecule has 1 unspecified atom stereocenters. The van der Waals surface area contributed by atoms with E-state index in [1.54, 1.807) is 17.5 Å². The zero-order chi connectivity index (χ0) is 11.5. The van der Waals surface area contributed by atoms with E-state index in [1.807, 2.05) is 18.2 Å². The third-order valence-corrected chi connectivity index (χ3v) is 3.55. The average Bonchev–Trinajstić information content (AvgIpc) is 2.90. The molecule has 0 radical (unpaired) electrons. The van der Waals surface area contributed by atoms with Crippen LogP contribution in [-0.2, 0) is 4.74 Å². The molecule has 2 aromatic heterocycles. The lowest BCUT2D eigenvalue weighted by molar-refractivity contribution is 0.0254. The molecule has 0 amide bonds. The second-order valence-electron chi connectivity index (χ2n) is 3.86. The lowest BCUT2D eigenvalue weighted by Crippen LogP contribution is -2.33. The van der Waals surface area contributed by atoms with Crippen molar-refractivity contribution in [2.45, 2.75) is 6.10 Å². The fourth-order valence-corrected chi connectivity index (χ4v) is 2.63. The van der Waals surface area contributed by atoms with Gasteiger partial charge < -0.3 is 10.1 Å². The van der Waals surface area contributed by atoms with Crippen LogP contribution in [0.1, 0.15) is 11.8 Å². The molecule has 4 nitrogen and oxygen atoms in total. The summed E-state index contributed by atoms with van der Waals surface area (Å²) in [5.74, 6) is 0. The standard InChI is InChI=1S/C12H13N3OS/c1-2-4-14-9(3-1)12-15-10(8-17-12)11-7-13-5-6-16-11/h1-4,8,11,13H,5-7H2. The first-order valence-electron chi connectivity index (χ1n) is 5.62. The van der Waals surface area contributed by atoms with E-state index < -0.39 is 0 Å². The minimum Gasteiger partial charge on any atom is -0.369 e. The molecule has 2 aromatic rings. The van der Waals surface area contributed by atoms with Gasteiger partial charge in [-0.2, -0.15) is 0 Å². The van der Waals surface area contributed by atoms with Crippen molar-refractivity contribution in [3.8, 4) is 10.7 Å². The summed E-state index contributed by atoms with van der Waals surface area (Å²) in [6.45, 7) is 2.51. The number of hydrogen-bond acceptors (Lipinski definition) is 5. The fourth-order valence-electron chi connectivity index (χ4n) is 1.80. The van der Waals surface area contributed by atoms with Gasteiger partial charge in [-0.3, -0.25) is 4.98 Å². The zero-order valence-electron chi connectivity index (χ0n) is 9.30. The Morgan fingerprint density at radius 2 is 2.41 bits per heavy atom. The number of pyridine rings is 1.